The van der Waals surface area contributed by atoms with E-state index in [-0.39, 0.29) is 0 Å². The van der Waals surface area contributed by atoms with Gasteiger partial charge in [-0.3, -0.25) is 0 Å². The number of benzene rings is 1. The molecule has 0 unspecified atom stereocenters. The standard InChI is InChI=1S/C9H11B/c1-2-6-9-8(4-1)5-3-7-10-9/h1-2,4,6,10H,3,5,7H2. The molecule has 0 saturated heterocycles. The lowest BCUT2D eigenvalue weighted by atomic mass is 9.60. The van der Waals surface area contributed by atoms with Gasteiger partial charge in [0.2, 0.25) is 0 Å². The van der Waals surface area contributed by atoms with E-state index in [1.165, 1.54) is 26.4 Å². The van der Waals surface area contributed by atoms with Crippen LogP contribution in [0.15, 0.2) is 24.3 Å². The Balaban J connectivity index is 2.41. The number of fused-ring (bicyclic) bond motifs is 1. The molecule has 1 heterocycles. The van der Waals surface area contributed by atoms with Crippen LogP contribution < -0.4 is 5.46 Å². The highest BCUT2D eigenvalue weighted by Crippen LogP contribution is 2.08. The molecule has 1 aromatic carbocycles. The summed E-state index contributed by atoms with van der Waals surface area (Å²) in [5.74, 6) is 0. The van der Waals surface area contributed by atoms with E-state index in [9.17, 15) is 0 Å². The van der Waals surface area contributed by atoms with Gasteiger partial charge in [0.15, 0.2) is 7.28 Å². The molecule has 0 N–H and O–H groups in total. The molecule has 0 atom stereocenters. The molecule has 0 aromatic heterocycles. The van der Waals surface area contributed by atoms with Crippen LogP contribution in [0.4, 0.5) is 0 Å². The first kappa shape index (κ1) is 6.02. The van der Waals surface area contributed by atoms with Crippen LogP contribution in [0.25, 0.3) is 0 Å². The summed E-state index contributed by atoms with van der Waals surface area (Å²) in [6.07, 6.45) is 4.07. The summed E-state index contributed by atoms with van der Waals surface area (Å²) < 4.78 is 0. The van der Waals surface area contributed by atoms with E-state index < -0.39 is 0 Å². The van der Waals surface area contributed by atoms with Crippen LogP contribution in [-0.4, -0.2) is 7.28 Å². The van der Waals surface area contributed by atoms with E-state index >= 15 is 0 Å². The summed E-state index contributed by atoms with van der Waals surface area (Å²) in [7, 11) is 1.30. The second kappa shape index (κ2) is 2.49. The zero-order valence-corrected chi connectivity index (χ0v) is 6.14. The van der Waals surface area contributed by atoms with Gasteiger partial charge in [-0.25, -0.2) is 0 Å². The van der Waals surface area contributed by atoms with E-state index in [0.717, 1.165) is 0 Å². The molecular formula is C9H11B. The minimum atomic E-state index is 1.30. The smallest absolute Gasteiger partial charge is 0.0814 e. The Morgan fingerprint density at radius 2 is 2.10 bits per heavy atom. The first-order valence-electron chi connectivity index (χ1n) is 4.03. The third kappa shape index (κ3) is 0.963. The summed E-state index contributed by atoms with van der Waals surface area (Å²) in [6, 6.07) is 8.80. The second-order valence-electron chi connectivity index (χ2n) is 2.98. The van der Waals surface area contributed by atoms with Crippen molar-refractivity contribution in [3.05, 3.63) is 29.8 Å². The molecule has 0 amide bonds. The number of aryl methyl sites for hydroxylation is 1. The van der Waals surface area contributed by atoms with Crippen LogP contribution >= 0.6 is 0 Å². The van der Waals surface area contributed by atoms with Gasteiger partial charge in [0, 0.05) is 0 Å². The largest absolute Gasteiger partial charge is 0.158 e. The molecule has 0 fully saturated rings. The summed E-state index contributed by atoms with van der Waals surface area (Å²) in [6.45, 7) is 0. The third-order valence-electron chi connectivity index (χ3n) is 2.26. The van der Waals surface area contributed by atoms with Gasteiger partial charge in [0.1, 0.15) is 0 Å². The van der Waals surface area contributed by atoms with Crippen molar-refractivity contribution in [3.8, 4) is 0 Å². The zero-order chi connectivity index (χ0) is 6.81. The number of hydrogen-bond acceptors (Lipinski definition) is 0. The first-order valence-corrected chi connectivity index (χ1v) is 4.03. The second-order valence-corrected chi connectivity index (χ2v) is 2.98. The highest BCUT2D eigenvalue weighted by atomic mass is 14.0. The van der Waals surface area contributed by atoms with E-state index in [0.29, 0.717) is 0 Å². The average Bonchev–Trinajstić information content (AvgIpc) is 2.05. The zero-order valence-electron chi connectivity index (χ0n) is 6.14. The number of rotatable bonds is 0. The van der Waals surface area contributed by atoms with Crippen molar-refractivity contribution in [1.82, 2.24) is 0 Å². The van der Waals surface area contributed by atoms with Crippen LogP contribution in [0.3, 0.4) is 0 Å². The van der Waals surface area contributed by atoms with E-state index in [1.54, 1.807) is 11.0 Å². The van der Waals surface area contributed by atoms with Gasteiger partial charge in [0.05, 0.1) is 0 Å². The lowest BCUT2D eigenvalue weighted by Crippen LogP contribution is -2.23. The van der Waals surface area contributed by atoms with Crippen molar-refractivity contribution in [2.24, 2.45) is 0 Å². The van der Waals surface area contributed by atoms with Crippen molar-refractivity contribution >= 4 is 12.7 Å². The number of hydrogen-bond donors (Lipinski definition) is 0. The van der Waals surface area contributed by atoms with Crippen LogP contribution in [0.2, 0.25) is 6.32 Å². The van der Waals surface area contributed by atoms with E-state index in [1.807, 2.05) is 0 Å². The third-order valence-corrected chi connectivity index (χ3v) is 2.26. The molecule has 1 aliphatic heterocycles. The molecule has 1 aliphatic rings. The van der Waals surface area contributed by atoms with E-state index in [4.69, 9.17) is 0 Å². The van der Waals surface area contributed by atoms with E-state index in [2.05, 4.69) is 24.3 Å². The molecule has 1 aromatic rings. The van der Waals surface area contributed by atoms with Crippen molar-refractivity contribution < 1.29 is 0 Å². The normalized spacial score (nSPS) is 15.6. The molecule has 0 saturated carbocycles. The monoisotopic (exact) mass is 130 g/mol. The van der Waals surface area contributed by atoms with Gasteiger partial charge < -0.3 is 0 Å². The van der Waals surface area contributed by atoms with Gasteiger partial charge in [-0.05, 0) is 6.42 Å². The Labute approximate surface area is 62.5 Å². The van der Waals surface area contributed by atoms with Gasteiger partial charge >= 0.3 is 0 Å². The Bertz CT molecular complexity index is 205. The fourth-order valence-electron chi connectivity index (χ4n) is 1.68. The fraction of sp³-hybridized carbons (Fsp3) is 0.333. The fourth-order valence-corrected chi connectivity index (χ4v) is 1.68. The Morgan fingerprint density at radius 3 is 3.00 bits per heavy atom. The molecule has 50 valence electrons. The van der Waals surface area contributed by atoms with Crippen LogP contribution in [0.5, 0.6) is 0 Å². The van der Waals surface area contributed by atoms with Gasteiger partial charge in [-0.2, -0.15) is 0 Å². The Hall–Kier alpha value is -0.715. The van der Waals surface area contributed by atoms with Crippen molar-refractivity contribution in [1.29, 1.82) is 0 Å². The lowest BCUT2D eigenvalue weighted by Gasteiger charge is -2.12. The van der Waals surface area contributed by atoms with Crippen LogP contribution in [0, 0.1) is 0 Å². The summed E-state index contributed by atoms with van der Waals surface area (Å²) in [5, 5.41) is 0. The topological polar surface area (TPSA) is 0 Å². The van der Waals surface area contributed by atoms with Gasteiger partial charge in [0.25, 0.3) is 0 Å². The maximum Gasteiger partial charge on any atom is 0.158 e. The molecule has 0 radical (unpaired) electrons. The van der Waals surface area contributed by atoms with Gasteiger partial charge in [-0.1, -0.05) is 48.0 Å². The minimum absolute atomic E-state index is 1.30. The van der Waals surface area contributed by atoms with Crippen molar-refractivity contribution in [2.45, 2.75) is 19.2 Å². The average molecular weight is 130 g/mol. The van der Waals surface area contributed by atoms with Crippen LogP contribution in [-0.2, 0) is 6.42 Å². The van der Waals surface area contributed by atoms with Crippen molar-refractivity contribution in [2.75, 3.05) is 0 Å². The minimum Gasteiger partial charge on any atom is -0.0814 e. The predicted molar refractivity (Wildman–Crippen MR) is 46.4 cm³/mol. The first-order chi connectivity index (χ1) is 4.97. The highest BCUT2D eigenvalue weighted by Gasteiger charge is 2.07. The maximum absolute atomic E-state index is 2.26. The van der Waals surface area contributed by atoms with Gasteiger partial charge in [-0.15, -0.1) is 0 Å². The van der Waals surface area contributed by atoms with Crippen LogP contribution in [0.1, 0.15) is 12.0 Å². The Morgan fingerprint density at radius 1 is 1.20 bits per heavy atom. The Kier molecular flexibility index (Phi) is 1.50. The molecule has 2 rings (SSSR count). The summed E-state index contributed by atoms with van der Waals surface area (Å²) >= 11 is 0. The van der Waals surface area contributed by atoms with Crippen molar-refractivity contribution in [3.63, 3.8) is 0 Å². The summed E-state index contributed by atoms with van der Waals surface area (Å²) in [5.41, 5.74) is 3.16. The highest BCUT2D eigenvalue weighted by molar-refractivity contribution is 6.54. The molecule has 0 spiro atoms. The molecule has 0 aliphatic carbocycles. The molecule has 0 nitrogen and oxygen atoms in total. The maximum atomic E-state index is 2.26. The SMILES string of the molecule is B1CCCc2ccccc21. The lowest BCUT2D eigenvalue weighted by molar-refractivity contribution is 0.907. The molecule has 1 heteroatoms. The molecule has 10 heavy (non-hydrogen) atoms. The quantitative estimate of drug-likeness (QED) is 0.461. The predicted octanol–water partition coefficient (Wildman–Crippen LogP) is 1.11. The molecule has 0 bridgehead atoms. The summed E-state index contributed by atoms with van der Waals surface area (Å²) in [4.78, 5) is 0. The molecular weight excluding hydrogens is 119 g/mol.